The predicted molar refractivity (Wildman–Crippen MR) is 133 cm³/mol. The lowest BCUT2D eigenvalue weighted by atomic mass is 9.96. The number of halogens is 1. The molecule has 0 spiro atoms. The Morgan fingerprint density at radius 3 is 2.69 bits per heavy atom. The van der Waals surface area contributed by atoms with Gasteiger partial charge in [0.1, 0.15) is 0 Å². The highest BCUT2D eigenvalue weighted by Crippen LogP contribution is 2.26. The Hall–Kier alpha value is -2.58. The monoisotopic (exact) mass is 512 g/mol. The van der Waals surface area contributed by atoms with Gasteiger partial charge in [0.05, 0.1) is 22.4 Å². The largest absolute Gasteiger partial charge is 0.272 e. The molecular weight excluding hydrogens is 488 g/mol. The predicted octanol–water partition coefficient (Wildman–Crippen LogP) is 6.70. The van der Waals surface area contributed by atoms with Crippen molar-refractivity contribution in [3.63, 3.8) is 0 Å². The number of thiazole rings is 1. The van der Waals surface area contributed by atoms with Gasteiger partial charge in [-0.25, -0.2) is 4.68 Å². The maximum atomic E-state index is 11.4. The summed E-state index contributed by atoms with van der Waals surface area (Å²) in [7, 11) is 0. The fraction of sp³-hybridized carbons (Fsp3) is 0.333. The van der Waals surface area contributed by atoms with E-state index in [1.165, 1.54) is 19.3 Å². The van der Waals surface area contributed by atoms with Crippen LogP contribution in [0.5, 0.6) is 0 Å². The second-order valence-electron chi connectivity index (χ2n) is 8.09. The smallest absolute Gasteiger partial charge is 0.258 e. The quantitative estimate of drug-likeness (QED) is 0.216. The summed E-state index contributed by atoms with van der Waals surface area (Å²) in [6.07, 6.45) is 5.93. The van der Waals surface area contributed by atoms with E-state index < -0.39 is 0 Å². The number of nitro groups is 1. The van der Waals surface area contributed by atoms with E-state index >= 15 is 0 Å². The Labute approximate surface area is 199 Å². The first-order valence-corrected chi connectivity index (χ1v) is 12.4. The molecule has 0 atom stereocenters. The minimum Gasteiger partial charge on any atom is -0.258 e. The maximum Gasteiger partial charge on any atom is 0.272 e. The Morgan fingerprint density at radius 2 is 1.97 bits per heavy atom. The van der Waals surface area contributed by atoms with Gasteiger partial charge >= 0.3 is 0 Å². The Balaban J connectivity index is 1.83. The highest BCUT2D eigenvalue weighted by atomic mass is 79.9. The summed E-state index contributed by atoms with van der Waals surface area (Å²) < 4.78 is 2.88. The lowest BCUT2D eigenvalue weighted by molar-refractivity contribution is -0.385. The first-order chi connectivity index (χ1) is 15.4. The summed E-state index contributed by atoms with van der Waals surface area (Å²) in [6, 6.07) is 13.7. The zero-order chi connectivity index (χ0) is 22.7. The van der Waals surface area contributed by atoms with E-state index in [-0.39, 0.29) is 10.6 Å². The number of aromatic nitrogens is 1. The summed E-state index contributed by atoms with van der Waals surface area (Å²) in [4.78, 5) is 17.0. The van der Waals surface area contributed by atoms with Crippen LogP contribution in [0.4, 0.5) is 5.69 Å². The van der Waals surface area contributed by atoms with Crippen LogP contribution in [0.3, 0.4) is 0 Å². The molecule has 1 fully saturated rings. The number of nitrogens with zero attached hydrogens (tertiary/aromatic N) is 4. The summed E-state index contributed by atoms with van der Waals surface area (Å²) in [5.41, 5.74) is 4.15. The van der Waals surface area contributed by atoms with Gasteiger partial charge in [0.15, 0.2) is 0 Å². The van der Waals surface area contributed by atoms with Crippen molar-refractivity contribution in [2.24, 2.45) is 10.1 Å². The lowest BCUT2D eigenvalue weighted by Gasteiger charge is -2.17. The number of nitro benzene ring substituents is 1. The van der Waals surface area contributed by atoms with Gasteiger partial charge in [0, 0.05) is 32.6 Å². The zero-order valence-corrected chi connectivity index (χ0v) is 20.5. The molecule has 0 amide bonds. The van der Waals surface area contributed by atoms with E-state index in [4.69, 9.17) is 10.1 Å². The zero-order valence-electron chi connectivity index (χ0n) is 18.1. The van der Waals surface area contributed by atoms with Crippen LogP contribution in [0.1, 0.15) is 50.2 Å². The molecule has 2 aromatic carbocycles. The number of benzene rings is 2. The third-order valence-corrected chi connectivity index (χ3v) is 7.07. The first kappa shape index (κ1) is 22.6. The summed E-state index contributed by atoms with van der Waals surface area (Å²) in [6.45, 7) is 3.63. The van der Waals surface area contributed by atoms with Crippen molar-refractivity contribution >= 4 is 38.7 Å². The average molecular weight is 513 g/mol. The van der Waals surface area contributed by atoms with E-state index in [1.54, 1.807) is 30.4 Å². The molecule has 1 aromatic heterocycles. The standard InChI is InChI=1S/C24H25BrN4O2S/c1-16-11-12-18(14-22(16)29(30)31)17(2)27-28-23(19-7-6-8-20(25)13-19)15-32-24(28)26-21-9-4-3-5-10-21/h6-8,11-15,21H,3-5,9-10H2,1-2H3. The van der Waals surface area contributed by atoms with Gasteiger partial charge in [-0.1, -0.05) is 59.5 Å². The Kier molecular flexibility index (Phi) is 7.01. The maximum absolute atomic E-state index is 11.4. The van der Waals surface area contributed by atoms with Gasteiger partial charge in [-0.15, -0.1) is 11.3 Å². The fourth-order valence-electron chi connectivity index (χ4n) is 3.94. The minimum absolute atomic E-state index is 0.103. The Bertz CT molecular complexity index is 1240. The van der Waals surface area contributed by atoms with Crippen molar-refractivity contribution in [3.05, 3.63) is 78.4 Å². The van der Waals surface area contributed by atoms with Crippen LogP contribution < -0.4 is 4.80 Å². The second kappa shape index (κ2) is 9.92. The molecule has 6 nitrogen and oxygen atoms in total. The molecule has 0 aliphatic heterocycles. The molecule has 0 radical (unpaired) electrons. The van der Waals surface area contributed by atoms with Gasteiger partial charge in [-0.3, -0.25) is 15.1 Å². The van der Waals surface area contributed by atoms with Crippen LogP contribution in [0.15, 0.2) is 62.4 Å². The van der Waals surface area contributed by atoms with Crippen molar-refractivity contribution in [1.29, 1.82) is 0 Å². The molecule has 1 aliphatic carbocycles. The third-order valence-electron chi connectivity index (χ3n) is 5.75. The van der Waals surface area contributed by atoms with Crippen LogP contribution in [-0.2, 0) is 0 Å². The summed E-state index contributed by atoms with van der Waals surface area (Å²) in [5.74, 6) is 0. The molecule has 1 heterocycles. The lowest BCUT2D eigenvalue weighted by Crippen LogP contribution is -2.19. The van der Waals surface area contributed by atoms with Crippen LogP contribution in [0, 0.1) is 17.0 Å². The van der Waals surface area contributed by atoms with Gasteiger partial charge in [0.25, 0.3) is 5.69 Å². The third kappa shape index (κ3) is 5.07. The van der Waals surface area contributed by atoms with Gasteiger partial charge in [-0.05, 0) is 38.8 Å². The van der Waals surface area contributed by atoms with Crippen molar-refractivity contribution in [2.75, 3.05) is 0 Å². The molecule has 3 aromatic rings. The topological polar surface area (TPSA) is 72.8 Å². The van der Waals surface area contributed by atoms with E-state index in [9.17, 15) is 10.1 Å². The van der Waals surface area contributed by atoms with Crippen LogP contribution in [-0.4, -0.2) is 21.4 Å². The van der Waals surface area contributed by atoms with E-state index in [0.717, 1.165) is 38.9 Å². The normalized spacial score (nSPS) is 15.8. The van der Waals surface area contributed by atoms with Crippen molar-refractivity contribution in [2.45, 2.75) is 52.0 Å². The number of hydrogen-bond donors (Lipinski definition) is 0. The molecule has 1 aliphatic rings. The van der Waals surface area contributed by atoms with Crippen LogP contribution >= 0.6 is 27.3 Å². The number of aryl methyl sites for hydroxylation is 1. The molecule has 0 bridgehead atoms. The van der Waals surface area contributed by atoms with Gasteiger partial charge < -0.3 is 0 Å². The number of hydrogen-bond acceptors (Lipinski definition) is 5. The molecule has 32 heavy (non-hydrogen) atoms. The molecule has 4 rings (SSSR count). The molecule has 0 N–H and O–H groups in total. The van der Waals surface area contributed by atoms with E-state index in [1.807, 2.05) is 29.8 Å². The molecule has 166 valence electrons. The van der Waals surface area contributed by atoms with Crippen LogP contribution in [0.25, 0.3) is 11.3 Å². The molecular formula is C24H25BrN4O2S. The van der Waals surface area contributed by atoms with Crippen LogP contribution in [0.2, 0.25) is 0 Å². The molecule has 8 heteroatoms. The fourth-order valence-corrected chi connectivity index (χ4v) is 5.24. The first-order valence-electron chi connectivity index (χ1n) is 10.7. The second-order valence-corrected chi connectivity index (χ2v) is 9.84. The van der Waals surface area contributed by atoms with Crippen molar-refractivity contribution < 1.29 is 4.92 Å². The molecule has 1 saturated carbocycles. The van der Waals surface area contributed by atoms with Crippen molar-refractivity contribution in [1.82, 2.24) is 4.68 Å². The minimum atomic E-state index is -0.347. The summed E-state index contributed by atoms with van der Waals surface area (Å²) in [5, 5.41) is 18.4. The summed E-state index contributed by atoms with van der Waals surface area (Å²) >= 11 is 5.14. The molecule has 0 saturated heterocycles. The highest BCUT2D eigenvalue weighted by Gasteiger charge is 2.16. The Morgan fingerprint density at radius 1 is 1.19 bits per heavy atom. The average Bonchev–Trinajstić information content (AvgIpc) is 3.16. The van der Waals surface area contributed by atoms with E-state index in [2.05, 4.69) is 33.4 Å². The molecule has 0 unspecified atom stereocenters. The highest BCUT2D eigenvalue weighted by molar-refractivity contribution is 9.10. The SMILES string of the molecule is CC(=Nn1c(-c2cccc(Br)c2)csc1=NC1CCCCC1)c1ccc(C)c([N+](=O)[O-])c1. The number of rotatable bonds is 5. The van der Waals surface area contributed by atoms with Gasteiger partial charge in [-0.2, -0.15) is 5.10 Å². The van der Waals surface area contributed by atoms with E-state index in [0.29, 0.717) is 17.3 Å². The van der Waals surface area contributed by atoms with Gasteiger partial charge in [0.2, 0.25) is 4.80 Å². The van der Waals surface area contributed by atoms with Crippen molar-refractivity contribution in [3.8, 4) is 11.3 Å².